The van der Waals surface area contributed by atoms with Crippen molar-refractivity contribution in [1.29, 1.82) is 0 Å². The summed E-state index contributed by atoms with van der Waals surface area (Å²) < 4.78 is 13.3. The number of carbonyl (C=O) groups excluding carboxylic acids is 2. The van der Waals surface area contributed by atoms with E-state index in [0.717, 1.165) is 6.07 Å². The van der Waals surface area contributed by atoms with Gasteiger partial charge in [0.25, 0.3) is 5.91 Å². The monoisotopic (exact) mass is 300 g/mol. The van der Waals surface area contributed by atoms with E-state index in [-0.39, 0.29) is 16.5 Å². The highest BCUT2D eigenvalue weighted by Gasteiger charge is 2.25. The van der Waals surface area contributed by atoms with Crippen molar-refractivity contribution in [2.75, 3.05) is 0 Å². The second-order valence-electron chi connectivity index (χ2n) is 4.82. The molecule has 2 amide bonds. The van der Waals surface area contributed by atoms with E-state index in [1.165, 1.54) is 13.0 Å². The van der Waals surface area contributed by atoms with Crippen molar-refractivity contribution in [1.82, 2.24) is 5.32 Å². The van der Waals surface area contributed by atoms with Crippen LogP contribution in [-0.4, -0.2) is 17.9 Å². The number of nitrogens with one attached hydrogen (secondary N) is 1. The number of primary amides is 1. The molecular formula is C14H18ClFN2O2. The standard InChI is InChI=1S/C14H18ClFN2O2/c1-4-7(2)12(13(17)19)18-14(20)9-5-8(3)11(16)6-10(9)15/h5-7,12H,4H2,1-3H3,(H2,17,19)(H,18,20)/t7-,12-/m0/s1. The number of aryl methyl sites for hydroxylation is 1. The van der Waals surface area contributed by atoms with Crippen LogP contribution in [0.2, 0.25) is 5.02 Å². The number of hydrogen-bond acceptors (Lipinski definition) is 2. The van der Waals surface area contributed by atoms with Crippen LogP contribution in [0.1, 0.15) is 36.2 Å². The van der Waals surface area contributed by atoms with E-state index in [0.29, 0.717) is 12.0 Å². The predicted molar refractivity (Wildman–Crippen MR) is 76.1 cm³/mol. The van der Waals surface area contributed by atoms with Gasteiger partial charge in [0.05, 0.1) is 10.6 Å². The summed E-state index contributed by atoms with van der Waals surface area (Å²) in [6.45, 7) is 5.23. The molecule has 0 bridgehead atoms. The summed E-state index contributed by atoms with van der Waals surface area (Å²) >= 11 is 5.86. The minimum Gasteiger partial charge on any atom is -0.368 e. The summed E-state index contributed by atoms with van der Waals surface area (Å²) in [7, 11) is 0. The van der Waals surface area contributed by atoms with Crippen molar-refractivity contribution >= 4 is 23.4 Å². The van der Waals surface area contributed by atoms with Crippen LogP contribution in [0.5, 0.6) is 0 Å². The molecule has 6 heteroatoms. The van der Waals surface area contributed by atoms with Gasteiger partial charge in [0, 0.05) is 0 Å². The molecule has 0 saturated carbocycles. The third-order valence-corrected chi connectivity index (χ3v) is 3.61. The number of nitrogens with two attached hydrogens (primary N) is 1. The largest absolute Gasteiger partial charge is 0.368 e. The van der Waals surface area contributed by atoms with Gasteiger partial charge in [0.2, 0.25) is 5.91 Å². The molecule has 0 heterocycles. The zero-order valence-corrected chi connectivity index (χ0v) is 12.4. The second-order valence-corrected chi connectivity index (χ2v) is 5.23. The normalized spacial score (nSPS) is 13.7. The van der Waals surface area contributed by atoms with Crippen molar-refractivity contribution in [2.24, 2.45) is 11.7 Å². The van der Waals surface area contributed by atoms with Gasteiger partial charge in [-0.2, -0.15) is 0 Å². The zero-order valence-electron chi connectivity index (χ0n) is 11.7. The van der Waals surface area contributed by atoms with E-state index >= 15 is 0 Å². The second kappa shape index (κ2) is 6.70. The van der Waals surface area contributed by atoms with Crippen LogP contribution >= 0.6 is 11.6 Å². The molecule has 3 N–H and O–H groups in total. The maximum Gasteiger partial charge on any atom is 0.253 e. The summed E-state index contributed by atoms with van der Waals surface area (Å²) in [5, 5.41) is 2.55. The van der Waals surface area contributed by atoms with Gasteiger partial charge in [-0.3, -0.25) is 9.59 Å². The molecule has 0 aromatic heterocycles. The Bertz CT molecular complexity index is 534. The molecule has 0 aliphatic carbocycles. The van der Waals surface area contributed by atoms with Gasteiger partial charge < -0.3 is 11.1 Å². The molecule has 0 unspecified atom stereocenters. The van der Waals surface area contributed by atoms with E-state index in [1.54, 1.807) is 0 Å². The van der Waals surface area contributed by atoms with E-state index < -0.39 is 23.7 Å². The van der Waals surface area contributed by atoms with Gasteiger partial charge in [0.15, 0.2) is 0 Å². The van der Waals surface area contributed by atoms with E-state index in [9.17, 15) is 14.0 Å². The third kappa shape index (κ3) is 3.70. The van der Waals surface area contributed by atoms with Gasteiger partial charge in [-0.15, -0.1) is 0 Å². The lowest BCUT2D eigenvalue weighted by Crippen LogP contribution is -2.48. The Morgan fingerprint density at radius 3 is 2.55 bits per heavy atom. The fourth-order valence-electron chi connectivity index (χ4n) is 1.78. The number of carbonyl (C=O) groups is 2. The molecule has 0 spiro atoms. The lowest BCUT2D eigenvalue weighted by molar-refractivity contribution is -0.120. The van der Waals surface area contributed by atoms with Crippen LogP contribution < -0.4 is 11.1 Å². The molecular weight excluding hydrogens is 283 g/mol. The summed E-state index contributed by atoms with van der Waals surface area (Å²) in [5.74, 6) is -1.73. The Labute approximate surface area is 122 Å². The van der Waals surface area contributed by atoms with E-state index in [4.69, 9.17) is 17.3 Å². The van der Waals surface area contributed by atoms with Crippen molar-refractivity contribution in [3.63, 3.8) is 0 Å². The smallest absolute Gasteiger partial charge is 0.253 e. The van der Waals surface area contributed by atoms with Crippen LogP contribution in [0.4, 0.5) is 4.39 Å². The first-order chi connectivity index (χ1) is 9.27. The minimum absolute atomic E-state index is 0.00188. The summed E-state index contributed by atoms with van der Waals surface area (Å²) in [5.41, 5.74) is 5.71. The van der Waals surface area contributed by atoms with E-state index in [1.807, 2.05) is 13.8 Å². The summed E-state index contributed by atoms with van der Waals surface area (Å²) in [6, 6.07) is 1.64. The molecule has 4 nitrogen and oxygen atoms in total. The Balaban J connectivity index is 3.01. The molecule has 0 radical (unpaired) electrons. The van der Waals surface area contributed by atoms with Gasteiger partial charge in [-0.05, 0) is 30.5 Å². The van der Waals surface area contributed by atoms with Gasteiger partial charge >= 0.3 is 0 Å². The number of hydrogen-bond donors (Lipinski definition) is 2. The highest BCUT2D eigenvalue weighted by molar-refractivity contribution is 6.33. The highest BCUT2D eigenvalue weighted by Crippen LogP contribution is 2.21. The molecule has 2 atom stereocenters. The van der Waals surface area contributed by atoms with Gasteiger partial charge in [-0.1, -0.05) is 31.9 Å². The molecule has 20 heavy (non-hydrogen) atoms. The molecule has 110 valence electrons. The Morgan fingerprint density at radius 1 is 1.45 bits per heavy atom. The van der Waals surface area contributed by atoms with Gasteiger partial charge in [0.1, 0.15) is 11.9 Å². The summed E-state index contributed by atoms with van der Waals surface area (Å²) in [6.07, 6.45) is 0.685. The average molecular weight is 301 g/mol. The number of benzene rings is 1. The van der Waals surface area contributed by atoms with Crippen LogP contribution in [0, 0.1) is 18.7 Å². The lowest BCUT2D eigenvalue weighted by Gasteiger charge is -2.21. The zero-order chi connectivity index (χ0) is 15.4. The fourth-order valence-corrected chi connectivity index (χ4v) is 2.02. The predicted octanol–water partition coefficient (Wildman–Crippen LogP) is 2.42. The van der Waals surface area contributed by atoms with Crippen LogP contribution in [0.25, 0.3) is 0 Å². The maximum atomic E-state index is 13.3. The quantitative estimate of drug-likeness (QED) is 0.876. The number of rotatable bonds is 5. The van der Waals surface area contributed by atoms with E-state index in [2.05, 4.69) is 5.32 Å². The van der Waals surface area contributed by atoms with Crippen LogP contribution in [0.3, 0.4) is 0 Å². The number of halogens is 2. The first-order valence-electron chi connectivity index (χ1n) is 6.33. The Kier molecular flexibility index (Phi) is 5.51. The van der Waals surface area contributed by atoms with Crippen molar-refractivity contribution < 1.29 is 14.0 Å². The topological polar surface area (TPSA) is 72.2 Å². The van der Waals surface area contributed by atoms with Gasteiger partial charge in [-0.25, -0.2) is 4.39 Å². The Hall–Kier alpha value is -1.62. The first-order valence-corrected chi connectivity index (χ1v) is 6.71. The third-order valence-electron chi connectivity index (χ3n) is 3.30. The molecule has 1 rings (SSSR count). The molecule has 1 aromatic rings. The first kappa shape index (κ1) is 16.4. The Morgan fingerprint density at radius 2 is 2.05 bits per heavy atom. The SMILES string of the molecule is CC[C@H](C)[C@H](NC(=O)c1cc(C)c(F)cc1Cl)C(N)=O. The molecule has 0 fully saturated rings. The van der Waals surface area contributed by atoms with Crippen molar-refractivity contribution in [3.8, 4) is 0 Å². The number of amides is 2. The van der Waals surface area contributed by atoms with Crippen LogP contribution in [-0.2, 0) is 4.79 Å². The maximum absolute atomic E-state index is 13.3. The average Bonchev–Trinajstić information content (AvgIpc) is 2.38. The van der Waals surface area contributed by atoms with Crippen LogP contribution in [0.15, 0.2) is 12.1 Å². The minimum atomic E-state index is -0.783. The fraction of sp³-hybridized carbons (Fsp3) is 0.429. The molecule has 1 aromatic carbocycles. The van der Waals surface area contributed by atoms with Crippen molar-refractivity contribution in [3.05, 3.63) is 34.1 Å². The van der Waals surface area contributed by atoms with Crippen molar-refractivity contribution in [2.45, 2.75) is 33.2 Å². The molecule has 0 saturated heterocycles. The lowest BCUT2D eigenvalue weighted by atomic mass is 9.98. The summed E-state index contributed by atoms with van der Waals surface area (Å²) in [4.78, 5) is 23.5. The molecule has 0 aliphatic heterocycles. The highest BCUT2D eigenvalue weighted by atomic mass is 35.5. The molecule has 0 aliphatic rings.